The molecule has 76 valence electrons. The fourth-order valence-electron chi connectivity index (χ4n) is 1.72. The topological polar surface area (TPSA) is 66.6 Å². The molecule has 1 heterocycles. The Bertz CT molecular complexity index is 194. The van der Waals surface area contributed by atoms with E-state index in [1.54, 1.807) is 11.8 Å². The van der Waals surface area contributed by atoms with E-state index in [-0.39, 0.29) is 17.9 Å². The van der Waals surface area contributed by atoms with Gasteiger partial charge in [-0.3, -0.25) is 4.79 Å². The van der Waals surface area contributed by atoms with Crippen molar-refractivity contribution in [2.75, 3.05) is 13.1 Å². The highest BCUT2D eigenvalue weighted by Crippen LogP contribution is 2.20. The van der Waals surface area contributed by atoms with E-state index in [0.717, 1.165) is 6.42 Å². The van der Waals surface area contributed by atoms with E-state index in [2.05, 4.69) is 0 Å². The van der Waals surface area contributed by atoms with Crippen molar-refractivity contribution >= 4 is 5.91 Å². The van der Waals surface area contributed by atoms with Crippen LogP contribution in [0.2, 0.25) is 0 Å². The maximum Gasteiger partial charge on any atom is 0.239 e. The zero-order chi connectivity index (χ0) is 10.0. The van der Waals surface area contributed by atoms with Crippen LogP contribution in [0, 0.1) is 5.92 Å². The van der Waals surface area contributed by atoms with Crippen molar-refractivity contribution in [3.05, 3.63) is 0 Å². The maximum absolute atomic E-state index is 11.4. The van der Waals surface area contributed by atoms with Crippen molar-refractivity contribution in [2.24, 2.45) is 11.7 Å². The number of carbonyl (C=O) groups is 1. The van der Waals surface area contributed by atoms with Gasteiger partial charge in [0.2, 0.25) is 5.91 Å². The van der Waals surface area contributed by atoms with Crippen LogP contribution < -0.4 is 5.73 Å². The Morgan fingerprint density at radius 2 is 2.31 bits per heavy atom. The molecular weight excluding hydrogens is 168 g/mol. The summed E-state index contributed by atoms with van der Waals surface area (Å²) in [4.78, 5) is 13.1. The molecule has 0 aliphatic carbocycles. The quantitative estimate of drug-likeness (QED) is 0.614. The largest absolute Gasteiger partial charge is 0.391 e. The van der Waals surface area contributed by atoms with Gasteiger partial charge in [-0.25, -0.2) is 0 Å². The van der Waals surface area contributed by atoms with E-state index in [1.807, 2.05) is 6.92 Å². The van der Waals surface area contributed by atoms with Gasteiger partial charge < -0.3 is 15.7 Å². The summed E-state index contributed by atoms with van der Waals surface area (Å²) in [6, 6.07) is -0.456. The molecule has 1 amide bonds. The van der Waals surface area contributed by atoms with Gasteiger partial charge in [0.1, 0.15) is 0 Å². The van der Waals surface area contributed by atoms with Gasteiger partial charge in [-0.15, -0.1) is 0 Å². The number of hydrogen-bond acceptors (Lipinski definition) is 3. The third-order valence-corrected chi connectivity index (χ3v) is 2.63. The summed E-state index contributed by atoms with van der Waals surface area (Å²) in [7, 11) is 0. The molecule has 3 N–H and O–H groups in total. The highest BCUT2D eigenvalue weighted by molar-refractivity contribution is 5.81. The van der Waals surface area contributed by atoms with Gasteiger partial charge in [0.05, 0.1) is 12.1 Å². The molecule has 0 aromatic heterocycles. The van der Waals surface area contributed by atoms with Crippen LogP contribution >= 0.6 is 0 Å². The number of β-amino-alcohol motifs (C(OH)–C–C–N with tert-alkyl or cyclic N) is 1. The number of carbonyl (C=O) groups excluding carboxylic acids is 1. The minimum atomic E-state index is -0.456. The van der Waals surface area contributed by atoms with Crippen LogP contribution in [0.3, 0.4) is 0 Å². The lowest BCUT2D eigenvalue weighted by atomic mass is 10.0. The smallest absolute Gasteiger partial charge is 0.239 e. The number of likely N-dealkylation sites (tertiary alicyclic amines) is 1. The first-order valence-electron chi connectivity index (χ1n) is 4.78. The Hall–Kier alpha value is -0.610. The molecule has 4 heteroatoms. The van der Waals surface area contributed by atoms with E-state index in [9.17, 15) is 9.90 Å². The molecule has 1 aliphatic rings. The molecule has 1 rings (SSSR count). The van der Waals surface area contributed by atoms with Crippen LogP contribution in [0.25, 0.3) is 0 Å². The fourth-order valence-corrected chi connectivity index (χ4v) is 1.72. The zero-order valence-electron chi connectivity index (χ0n) is 8.23. The summed E-state index contributed by atoms with van der Waals surface area (Å²) in [5.41, 5.74) is 5.48. The average molecular weight is 186 g/mol. The highest BCUT2D eigenvalue weighted by atomic mass is 16.3. The molecule has 2 unspecified atom stereocenters. The lowest BCUT2D eigenvalue weighted by Gasteiger charge is -2.17. The van der Waals surface area contributed by atoms with Crippen molar-refractivity contribution in [3.63, 3.8) is 0 Å². The van der Waals surface area contributed by atoms with Crippen LogP contribution in [-0.2, 0) is 4.79 Å². The molecule has 0 radical (unpaired) electrons. The molecule has 3 atom stereocenters. The second-order valence-corrected chi connectivity index (χ2v) is 3.77. The van der Waals surface area contributed by atoms with Crippen molar-refractivity contribution in [1.29, 1.82) is 0 Å². The molecule has 4 nitrogen and oxygen atoms in total. The molecule has 0 aromatic rings. The number of nitrogens with zero attached hydrogens (tertiary/aromatic N) is 1. The molecular formula is C9H18N2O2. The Morgan fingerprint density at radius 3 is 2.69 bits per heavy atom. The number of amides is 1. The third-order valence-electron chi connectivity index (χ3n) is 2.63. The van der Waals surface area contributed by atoms with Crippen LogP contribution in [0.5, 0.6) is 0 Å². The zero-order valence-corrected chi connectivity index (χ0v) is 8.23. The summed E-state index contributed by atoms with van der Waals surface area (Å²) in [5, 5.41) is 9.56. The normalized spacial score (nSPS) is 30.6. The van der Waals surface area contributed by atoms with Gasteiger partial charge in [-0.1, -0.05) is 6.92 Å². The van der Waals surface area contributed by atoms with Gasteiger partial charge in [-0.2, -0.15) is 0 Å². The molecule has 1 saturated heterocycles. The van der Waals surface area contributed by atoms with Crippen LogP contribution in [0.1, 0.15) is 20.3 Å². The van der Waals surface area contributed by atoms with Crippen LogP contribution in [0.15, 0.2) is 0 Å². The summed E-state index contributed by atoms with van der Waals surface area (Å²) < 4.78 is 0. The molecule has 0 saturated carbocycles. The minimum absolute atomic E-state index is 0.0602. The third kappa shape index (κ3) is 2.19. The molecule has 0 aromatic carbocycles. The molecule has 0 spiro atoms. The van der Waals surface area contributed by atoms with E-state index in [0.29, 0.717) is 13.1 Å². The molecule has 1 aliphatic heterocycles. The SMILES string of the molecule is CCC1CN(C(=O)[C@@H](C)N)CC1O. The number of rotatable bonds is 2. The second-order valence-electron chi connectivity index (χ2n) is 3.77. The van der Waals surface area contributed by atoms with Gasteiger partial charge in [0.15, 0.2) is 0 Å². The summed E-state index contributed by atoms with van der Waals surface area (Å²) in [5.74, 6) is 0.165. The first-order valence-corrected chi connectivity index (χ1v) is 4.78. The first-order chi connectivity index (χ1) is 6.06. The van der Waals surface area contributed by atoms with Gasteiger partial charge in [-0.05, 0) is 13.3 Å². The Kier molecular flexibility index (Phi) is 3.27. The standard InChI is InChI=1S/C9H18N2O2/c1-3-7-4-11(5-8(7)12)9(13)6(2)10/h6-8,12H,3-5,10H2,1-2H3/t6-,7?,8?/m1/s1. The van der Waals surface area contributed by atoms with E-state index in [4.69, 9.17) is 5.73 Å². The average Bonchev–Trinajstić information content (AvgIpc) is 2.45. The number of nitrogens with two attached hydrogens (primary N) is 1. The molecule has 0 bridgehead atoms. The van der Waals surface area contributed by atoms with E-state index < -0.39 is 6.04 Å². The predicted octanol–water partition coefficient (Wildman–Crippen LogP) is -0.437. The lowest BCUT2D eigenvalue weighted by molar-refractivity contribution is -0.131. The van der Waals surface area contributed by atoms with Gasteiger partial charge in [0, 0.05) is 19.0 Å². The Labute approximate surface area is 78.7 Å². The number of aliphatic hydroxyl groups is 1. The molecule has 1 fully saturated rings. The predicted molar refractivity (Wildman–Crippen MR) is 50.0 cm³/mol. The summed E-state index contributed by atoms with van der Waals surface area (Å²) in [6.45, 7) is 4.79. The lowest BCUT2D eigenvalue weighted by Crippen LogP contribution is -2.41. The second kappa shape index (κ2) is 4.07. The Morgan fingerprint density at radius 1 is 1.69 bits per heavy atom. The Balaban J connectivity index is 2.53. The van der Waals surface area contributed by atoms with Gasteiger partial charge in [0.25, 0.3) is 0 Å². The summed E-state index contributed by atoms with van der Waals surface area (Å²) in [6.07, 6.45) is 0.539. The van der Waals surface area contributed by atoms with Crippen LogP contribution in [-0.4, -0.2) is 41.1 Å². The maximum atomic E-state index is 11.4. The highest BCUT2D eigenvalue weighted by Gasteiger charge is 2.33. The number of hydrogen-bond donors (Lipinski definition) is 2. The van der Waals surface area contributed by atoms with Crippen molar-refractivity contribution in [2.45, 2.75) is 32.4 Å². The fraction of sp³-hybridized carbons (Fsp3) is 0.889. The number of aliphatic hydroxyl groups excluding tert-OH is 1. The summed E-state index contributed by atoms with van der Waals surface area (Å²) >= 11 is 0. The van der Waals surface area contributed by atoms with Crippen LogP contribution in [0.4, 0.5) is 0 Å². The van der Waals surface area contributed by atoms with Gasteiger partial charge >= 0.3 is 0 Å². The minimum Gasteiger partial charge on any atom is -0.391 e. The van der Waals surface area contributed by atoms with E-state index in [1.165, 1.54) is 0 Å². The van der Waals surface area contributed by atoms with Crippen molar-refractivity contribution < 1.29 is 9.90 Å². The van der Waals surface area contributed by atoms with Crippen molar-refractivity contribution in [1.82, 2.24) is 4.90 Å². The van der Waals surface area contributed by atoms with E-state index >= 15 is 0 Å². The first kappa shape index (κ1) is 10.5. The molecule has 13 heavy (non-hydrogen) atoms. The van der Waals surface area contributed by atoms with Crippen molar-refractivity contribution in [3.8, 4) is 0 Å². The monoisotopic (exact) mass is 186 g/mol.